The first-order chi connectivity index (χ1) is 9.56. The summed E-state index contributed by atoms with van der Waals surface area (Å²) in [7, 11) is 0. The van der Waals surface area contributed by atoms with E-state index in [1.165, 1.54) is 11.1 Å². The van der Waals surface area contributed by atoms with Crippen LogP contribution in [0.15, 0.2) is 45.3 Å². The molecule has 0 aliphatic heterocycles. The standard InChI is InChI=1S/C17H18Br2O/c1-3-11-5-6-13(9-12(11)4-2)17(20)15-10-14(18)7-8-16(15)19/h5-10,17,20H,3-4H2,1-2H3. The van der Waals surface area contributed by atoms with Gasteiger partial charge in [-0.2, -0.15) is 0 Å². The lowest BCUT2D eigenvalue weighted by molar-refractivity contribution is 0.219. The van der Waals surface area contributed by atoms with Gasteiger partial charge < -0.3 is 5.11 Å². The second-order valence-electron chi connectivity index (χ2n) is 4.80. The van der Waals surface area contributed by atoms with Crippen molar-refractivity contribution in [2.75, 3.05) is 0 Å². The third kappa shape index (κ3) is 3.33. The minimum absolute atomic E-state index is 0.613. The molecule has 0 aromatic heterocycles. The Morgan fingerprint density at radius 1 is 0.950 bits per heavy atom. The Morgan fingerprint density at radius 3 is 2.30 bits per heavy atom. The molecule has 0 spiro atoms. The van der Waals surface area contributed by atoms with Gasteiger partial charge in [0.15, 0.2) is 0 Å². The molecule has 0 aliphatic carbocycles. The fourth-order valence-electron chi connectivity index (χ4n) is 2.39. The SMILES string of the molecule is CCc1ccc(C(O)c2cc(Br)ccc2Br)cc1CC. The number of aryl methyl sites for hydroxylation is 2. The molecule has 1 nitrogen and oxygen atoms in total. The van der Waals surface area contributed by atoms with Crippen LogP contribution in [0, 0.1) is 0 Å². The van der Waals surface area contributed by atoms with Crippen LogP contribution >= 0.6 is 31.9 Å². The summed E-state index contributed by atoms with van der Waals surface area (Å²) in [5.41, 5.74) is 4.50. The molecule has 0 heterocycles. The van der Waals surface area contributed by atoms with Crippen LogP contribution in [0.4, 0.5) is 0 Å². The smallest absolute Gasteiger partial charge is 0.105 e. The van der Waals surface area contributed by atoms with Crippen LogP contribution < -0.4 is 0 Å². The molecule has 3 heteroatoms. The van der Waals surface area contributed by atoms with Crippen molar-refractivity contribution < 1.29 is 5.11 Å². The van der Waals surface area contributed by atoms with E-state index in [1.807, 2.05) is 24.3 Å². The molecule has 2 aromatic carbocycles. The summed E-state index contributed by atoms with van der Waals surface area (Å²) in [6.07, 6.45) is 1.40. The maximum Gasteiger partial charge on any atom is 0.105 e. The second kappa shape index (κ2) is 6.88. The van der Waals surface area contributed by atoms with Crippen molar-refractivity contribution in [1.82, 2.24) is 0 Å². The first kappa shape index (κ1) is 15.7. The van der Waals surface area contributed by atoms with Gasteiger partial charge >= 0.3 is 0 Å². The van der Waals surface area contributed by atoms with Gasteiger partial charge in [-0.3, -0.25) is 0 Å². The van der Waals surface area contributed by atoms with Gasteiger partial charge in [-0.1, -0.05) is 63.9 Å². The first-order valence-corrected chi connectivity index (χ1v) is 8.40. The number of aliphatic hydroxyl groups is 1. The first-order valence-electron chi connectivity index (χ1n) is 6.81. The Bertz CT molecular complexity index is 608. The van der Waals surface area contributed by atoms with Crippen LogP contribution in [-0.4, -0.2) is 5.11 Å². The Labute approximate surface area is 137 Å². The molecular formula is C17H18Br2O. The van der Waals surface area contributed by atoms with E-state index in [0.717, 1.165) is 32.9 Å². The van der Waals surface area contributed by atoms with E-state index in [-0.39, 0.29) is 0 Å². The van der Waals surface area contributed by atoms with Crippen molar-refractivity contribution in [2.24, 2.45) is 0 Å². The molecule has 0 amide bonds. The summed E-state index contributed by atoms with van der Waals surface area (Å²) in [6.45, 7) is 4.31. The van der Waals surface area contributed by atoms with Crippen LogP contribution in [-0.2, 0) is 12.8 Å². The predicted molar refractivity (Wildman–Crippen MR) is 91.1 cm³/mol. The molecule has 0 bridgehead atoms. The number of aliphatic hydroxyl groups excluding tert-OH is 1. The molecule has 0 radical (unpaired) electrons. The van der Waals surface area contributed by atoms with Crippen molar-refractivity contribution in [2.45, 2.75) is 32.8 Å². The van der Waals surface area contributed by atoms with Gasteiger partial charge in [0.1, 0.15) is 6.10 Å². The van der Waals surface area contributed by atoms with Gasteiger partial charge in [-0.15, -0.1) is 0 Å². The normalized spacial score (nSPS) is 12.4. The predicted octanol–water partition coefficient (Wildman–Crippen LogP) is 5.42. The van der Waals surface area contributed by atoms with Gasteiger partial charge in [0.2, 0.25) is 0 Å². The lowest BCUT2D eigenvalue weighted by Crippen LogP contribution is -2.03. The van der Waals surface area contributed by atoms with E-state index >= 15 is 0 Å². The zero-order valence-corrected chi connectivity index (χ0v) is 14.8. The molecule has 2 aromatic rings. The van der Waals surface area contributed by atoms with E-state index < -0.39 is 6.10 Å². The monoisotopic (exact) mass is 396 g/mol. The van der Waals surface area contributed by atoms with Crippen molar-refractivity contribution in [3.05, 3.63) is 67.6 Å². The molecular weight excluding hydrogens is 380 g/mol. The number of benzene rings is 2. The van der Waals surface area contributed by atoms with Crippen LogP contribution in [0.1, 0.15) is 42.2 Å². The number of rotatable bonds is 4. The van der Waals surface area contributed by atoms with E-state index in [0.29, 0.717) is 0 Å². The molecule has 1 atom stereocenters. The van der Waals surface area contributed by atoms with Crippen molar-refractivity contribution in [3.8, 4) is 0 Å². The summed E-state index contributed by atoms with van der Waals surface area (Å²) < 4.78 is 1.89. The molecule has 2 rings (SSSR count). The number of hydrogen-bond acceptors (Lipinski definition) is 1. The van der Waals surface area contributed by atoms with Gasteiger partial charge in [-0.25, -0.2) is 0 Å². The van der Waals surface area contributed by atoms with Gasteiger partial charge in [0.25, 0.3) is 0 Å². The van der Waals surface area contributed by atoms with E-state index in [2.05, 4.69) is 57.8 Å². The van der Waals surface area contributed by atoms with E-state index in [4.69, 9.17) is 0 Å². The molecule has 1 unspecified atom stereocenters. The molecule has 0 fully saturated rings. The van der Waals surface area contributed by atoms with Crippen LogP contribution in [0.25, 0.3) is 0 Å². The third-order valence-electron chi connectivity index (χ3n) is 3.56. The highest BCUT2D eigenvalue weighted by Crippen LogP contribution is 2.32. The van der Waals surface area contributed by atoms with Crippen LogP contribution in [0.5, 0.6) is 0 Å². The molecule has 0 aliphatic rings. The summed E-state index contributed by atoms with van der Waals surface area (Å²) in [5.74, 6) is 0. The largest absolute Gasteiger partial charge is 0.384 e. The lowest BCUT2D eigenvalue weighted by Gasteiger charge is -2.16. The minimum atomic E-state index is -0.613. The van der Waals surface area contributed by atoms with Crippen LogP contribution in [0.2, 0.25) is 0 Å². The van der Waals surface area contributed by atoms with Gasteiger partial charge in [0.05, 0.1) is 0 Å². The fraction of sp³-hybridized carbons (Fsp3) is 0.294. The summed E-state index contributed by atoms with van der Waals surface area (Å²) in [6, 6.07) is 12.1. The zero-order valence-electron chi connectivity index (χ0n) is 11.7. The second-order valence-corrected chi connectivity index (χ2v) is 6.57. The van der Waals surface area contributed by atoms with Crippen molar-refractivity contribution in [3.63, 3.8) is 0 Å². The van der Waals surface area contributed by atoms with Gasteiger partial charge in [0, 0.05) is 14.5 Å². The molecule has 1 N–H and O–H groups in total. The molecule has 20 heavy (non-hydrogen) atoms. The number of hydrogen-bond donors (Lipinski definition) is 1. The van der Waals surface area contributed by atoms with Crippen molar-refractivity contribution >= 4 is 31.9 Å². The molecule has 0 saturated heterocycles. The number of halogens is 2. The third-order valence-corrected chi connectivity index (χ3v) is 4.78. The maximum absolute atomic E-state index is 10.6. The molecule has 106 valence electrons. The highest BCUT2D eigenvalue weighted by atomic mass is 79.9. The summed E-state index contributed by atoms with van der Waals surface area (Å²) in [4.78, 5) is 0. The average Bonchev–Trinajstić information content (AvgIpc) is 2.48. The maximum atomic E-state index is 10.6. The van der Waals surface area contributed by atoms with E-state index in [9.17, 15) is 5.11 Å². The topological polar surface area (TPSA) is 20.2 Å². The lowest BCUT2D eigenvalue weighted by atomic mass is 9.95. The Balaban J connectivity index is 2.42. The fourth-order valence-corrected chi connectivity index (χ4v) is 3.24. The highest BCUT2D eigenvalue weighted by molar-refractivity contribution is 9.11. The Kier molecular flexibility index (Phi) is 5.42. The summed E-state index contributed by atoms with van der Waals surface area (Å²) >= 11 is 6.97. The van der Waals surface area contributed by atoms with Gasteiger partial charge in [-0.05, 0) is 47.7 Å². The molecule has 0 saturated carbocycles. The quantitative estimate of drug-likeness (QED) is 0.730. The highest BCUT2D eigenvalue weighted by Gasteiger charge is 2.15. The van der Waals surface area contributed by atoms with Crippen molar-refractivity contribution in [1.29, 1.82) is 0 Å². The van der Waals surface area contributed by atoms with E-state index in [1.54, 1.807) is 0 Å². The Hall–Kier alpha value is -0.640. The average molecular weight is 398 g/mol. The zero-order chi connectivity index (χ0) is 14.7. The minimum Gasteiger partial charge on any atom is -0.384 e. The summed E-state index contributed by atoms with van der Waals surface area (Å²) in [5, 5.41) is 10.6. The van der Waals surface area contributed by atoms with Crippen LogP contribution in [0.3, 0.4) is 0 Å². The Morgan fingerprint density at radius 2 is 1.65 bits per heavy atom.